The zero-order valence-electron chi connectivity index (χ0n) is 20.9. The Bertz CT molecular complexity index is 1330. The lowest BCUT2D eigenvalue weighted by atomic mass is 9.97. The number of thiophene rings is 1. The molecular weight excluding hydrogens is 511 g/mol. The number of benzene rings is 2. The molecule has 0 fully saturated rings. The van der Waals surface area contributed by atoms with Gasteiger partial charge < -0.3 is 19.7 Å². The first-order valence-electron chi connectivity index (χ1n) is 12.0. The van der Waals surface area contributed by atoms with Crippen LogP contribution in [0.3, 0.4) is 0 Å². The monoisotopic (exact) mass is 538 g/mol. The highest BCUT2D eigenvalue weighted by atomic mass is 32.1. The van der Waals surface area contributed by atoms with Crippen molar-refractivity contribution >= 4 is 35.1 Å². The number of fused-ring (bicyclic) bond motifs is 1. The number of hydrogen-bond donors (Lipinski definition) is 1. The minimum Gasteiger partial charge on any atom is -0.448 e. The molecule has 1 aliphatic heterocycles. The second-order valence-electron chi connectivity index (χ2n) is 8.80. The number of nitrogens with one attached hydrogen (secondary N) is 1. The zero-order valence-corrected chi connectivity index (χ0v) is 21.7. The quantitative estimate of drug-likeness (QED) is 0.418. The van der Waals surface area contributed by atoms with Gasteiger partial charge in [-0.25, -0.2) is 4.39 Å². The summed E-state index contributed by atoms with van der Waals surface area (Å²) in [4.78, 5) is 53.6. The number of halogens is 1. The maximum Gasteiger partial charge on any atom is 0.303 e. The molecule has 1 aromatic heterocycles. The molecule has 0 saturated heterocycles. The van der Waals surface area contributed by atoms with E-state index in [9.17, 15) is 23.6 Å². The van der Waals surface area contributed by atoms with E-state index < -0.39 is 47.8 Å². The summed E-state index contributed by atoms with van der Waals surface area (Å²) in [5.41, 5.74) is 2.10. The van der Waals surface area contributed by atoms with Crippen LogP contribution in [0.4, 0.5) is 4.39 Å². The van der Waals surface area contributed by atoms with Gasteiger partial charge in [-0.2, -0.15) is 0 Å². The molecule has 10 heteroatoms. The summed E-state index contributed by atoms with van der Waals surface area (Å²) in [7, 11) is 0. The fourth-order valence-corrected chi connectivity index (χ4v) is 5.22. The number of rotatable bonds is 9. The Hall–Kier alpha value is -4.05. The van der Waals surface area contributed by atoms with Crippen molar-refractivity contribution in [2.24, 2.45) is 0 Å². The van der Waals surface area contributed by atoms with Crippen LogP contribution in [0.1, 0.15) is 41.5 Å². The molecule has 4 rings (SSSR count). The molecule has 3 atom stereocenters. The first kappa shape index (κ1) is 27.0. The largest absolute Gasteiger partial charge is 0.448 e. The molecule has 0 bridgehead atoms. The average molecular weight is 539 g/mol. The highest BCUT2D eigenvalue weighted by Gasteiger charge is 2.45. The summed E-state index contributed by atoms with van der Waals surface area (Å²) < 4.78 is 24.7. The molecule has 2 heterocycles. The van der Waals surface area contributed by atoms with Crippen LogP contribution < -0.4 is 5.32 Å². The van der Waals surface area contributed by atoms with Crippen LogP contribution in [0.5, 0.6) is 0 Å². The number of nitrogens with zero attached hydrogens (tertiary/aromatic N) is 1. The third kappa shape index (κ3) is 6.25. The minimum absolute atomic E-state index is 0.126. The normalized spacial score (nSPS) is 15.8. The van der Waals surface area contributed by atoms with Gasteiger partial charge in [0, 0.05) is 31.8 Å². The molecule has 0 radical (unpaired) electrons. The van der Waals surface area contributed by atoms with E-state index >= 15 is 0 Å². The van der Waals surface area contributed by atoms with Gasteiger partial charge in [-0.05, 0) is 46.7 Å². The van der Waals surface area contributed by atoms with Crippen LogP contribution in [0.25, 0.3) is 0 Å². The van der Waals surface area contributed by atoms with Crippen molar-refractivity contribution < 1.29 is 33.0 Å². The second-order valence-corrected chi connectivity index (χ2v) is 9.84. The van der Waals surface area contributed by atoms with Crippen LogP contribution in [-0.2, 0) is 41.6 Å². The summed E-state index contributed by atoms with van der Waals surface area (Å²) >= 11 is 1.53. The molecule has 0 spiro atoms. The van der Waals surface area contributed by atoms with Crippen molar-refractivity contribution in [3.63, 3.8) is 0 Å². The molecule has 38 heavy (non-hydrogen) atoms. The van der Waals surface area contributed by atoms with Gasteiger partial charge in [-0.15, -0.1) is 11.3 Å². The molecule has 0 aliphatic carbocycles. The third-order valence-corrected chi connectivity index (χ3v) is 7.00. The van der Waals surface area contributed by atoms with E-state index in [4.69, 9.17) is 9.47 Å². The van der Waals surface area contributed by atoms with Crippen LogP contribution in [0.2, 0.25) is 0 Å². The van der Waals surface area contributed by atoms with Crippen molar-refractivity contribution in [3.8, 4) is 0 Å². The van der Waals surface area contributed by atoms with Crippen LogP contribution in [-0.4, -0.2) is 47.4 Å². The maximum absolute atomic E-state index is 14.2. The lowest BCUT2D eigenvalue weighted by Crippen LogP contribution is -2.54. The molecule has 198 valence electrons. The SMILES string of the molecule is CC(=O)O[C@@H](C(=O)NCCc1cccs1)[C@@H](OC(C)=O)C(=O)N1Cc2ccccc2C1c1cccc(F)c1. The highest BCUT2D eigenvalue weighted by molar-refractivity contribution is 7.09. The second kappa shape index (κ2) is 12.0. The number of hydrogen-bond acceptors (Lipinski definition) is 7. The summed E-state index contributed by atoms with van der Waals surface area (Å²) in [6.07, 6.45) is -2.93. The Labute approximate surface area is 223 Å². The van der Waals surface area contributed by atoms with Crippen molar-refractivity contribution in [3.05, 3.63) is 93.4 Å². The van der Waals surface area contributed by atoms with Crippen molar-refractivity contribution in [1.29, 1.82) is 0 Å². The molecule has 1 aliphatic rings. The highest BCUT2D eigenvalue weighted by Crippen LogP contribution is 2.39. The fourth-order valence-electron chi connectivity index (χ4n) is 4.51. The van der Waals surface area contributed by atoms with Gasteiger partial charge in [0.05, 0.1) is 6.04 Å². The van der Waals surface area contributed by atoms with E-state index in [-0.39, 0.29) is 13.1 Å². The first-order valence-corrected chi connectivity index (χ1v) is 12.9. The van der Waals surface area contributed by atoms with Crippen molar-refractivity contribution in [1.82, 2.24) is 10.2 Å². The fraction of sp³-hybridized carbons (Fsp3) is 0.286. The topological polar surface area (TPSA) is 102 Å². The number of carbonyl (C=O) groups excluding carboxylic acids is 4. The first-order chi connectivity index (χ1) is 18.2. The lowest BCUT2D eigenvalue weighted by molar-refractivity contribution is -0.178. The number of ether oxygens (including phenoxy) is 2. The number of amides is 2. The Morgan fingerprint density at radius 1 is 1.00 bits per heavy atom. The van der Waals surface area contributed by atoms with E-state index in [2.05, 4.69) is 5.32 Å². The summed E-state index contributed by atoms with van der Waals surface area (Å²) in [6, 6.07) is 16.3. The van der Waals surface area contributed by atoms with E-state index in [0.717, 1.165) is 29.9 Å². The standard InChI is InChI=1S/C28H27FN2O6S/c1-17(32)36-25(27(34)30-13-12-22-10-6-14-38-22)26(37-18(2)33)28(35)31-16-20-7-3-4-11-23(20)24(31)19-8-5-9-21(29)15-19/h3-11,14-15,24-26H,12-13,16H2,1-2H3,(H,30,34)/t24?,25-,26-/m1/s1. The van der Waals surface area contributed by atoms with Crippen molar-refractivity contribution in [2.45, 2.75) is 45.1 Å². The van der Waals surface area contributed by atoms with E-state index in [1.807, 2.05) is 41.8 Å². The van der Waals surface area contributed by atoms with Gasteiger partial charge in [0.2, 0.25) is 12.2 Å². The van der Waals surface area contributed by atoms with E-state index in [0.29, 0.717) is 12.0 Å². The average Bonchev–Trinajstić information content (AvgIpc) is 3.53. The van der Waals surface area contributed by atoms with Gasteiger partial charge >= 0.3 is 11.9 Å². The Kier molecular flexibility index (Phi) is 8.52. The lowest BCUT2D eigenvalue weighted by Gasteiger charge is -2.32. The summed E-state index contributed by atoms with van der Waals surface area (Å²) in [5.74, 6) is -3.63. The zero-order chi connectivity index (χ0) is 27.2. The maximum atomic E-state index is 14.2. The van der Waals surface area contributed by atoms with Gasteiger partial charge in [-0.3, -0.25) is 19.2 Å². The van der Waals surface area contributed by atoms with E-state index in [1.165, 1.54) is 28.4 Å². The Morgan fingerprint density at radius 3 is 2.42 bits per heavy atom. The molecule has 0 saturated carbocycles. The van der Waals surface area contributed by atoms with E-state index in [1.54, 1.807) is 12.1 Å². The van der Waals surface area contributed by atoms with Gasteiger partial charge in [0.15, 0.2) is 0 Å². The minimum atomic E-state index is -1.75. The van der Waals surface area contributed by atoms with Gasteiger partial charge in [0.25, 0.3) is 11.8 Å². The molecule has 8 nitrogen and oxygen atoms in total. The molecule has 2 aromatic carbocycles. The Balaban J connectivity index is 1.65. The predicted octanol–water partition coefficient (Wildman–Crippen LogP) is 3.54. The van der Waals surface area contributed by atoms with Crippen LogP contribution >= 0.6 is 11.3 Å². The third-order valence-electron chi connectivity index (χ3n) is 6.06. The summed E-state index contributed by atoms with van der Waals surface area (Å²) in [5, 5.41) is 4.59. The molecule has 2 amide bonds. The molecular formula is C28H27FN2O6S. The Morgan fingerprint density at radius 2 is 1.74 bits per heavy atom. The van der Waals surface area contributed by atoms with Crippen molar-refractivity contribution in [2.75, 3.05) is 6.54 Å². The van der Waals surface area contributed by atoms with Gasteiger partial charge in [-0.1, -0.05) is 42.5 Å². The smallest absolute Gasteiger partial charge is 0.303 e. The van der Waals surface area contributed by atoms with Crippen LogP contribution in [0.15, 0.2) is 66.0 Å². The van der Waals surface area contributed by atoms with Gasteiger partial charge in [0.1, 0.15) is 5.82 Å². The predicted molar refractivity (Wildman–Crippen MR) is 137 cm³/mol. The molecule has 1 N–H and O–H groups in total. The summed E-state index contributed by atoms with van der Waals surface area (Å²) in [6.45, 7) is 2.55. The molecule has 1 unspecified atom stereocenters. The molecule has 3 aromatic rings. The van der Waals surface area contributed by atoms with Crippen LogP contribution in [0, 0.1) is 5.82 Å². The number of carbonyl (C=O) groups is 4. The number of esters is 2.